The van der Waals surface area contributed by atoms with Crippen LogP contribution in [0.2, 0.25) is 0 Å². The number of hydrogen-bond acceptors (Lipinski definition) is 2. The Labute approximate surface area is 88.6 Å². The molecule has 0 amide bonds. The molecule has 0 aliphatic carbocycles. The van der Waals surface area contributed by atoms with Crippen LogP contribution in [0.25, 0.3) is 5.69 Å². The van der Waals surface area contributed by atoms with Gasteiger partial charge in [-0.05, 0) is 31.5 Å². The van der Waals surface area contributed by atoms with Crippen LogP contribution in [0, 0.1) is 25.2 Å². The first-order valence-corrected chi connectivity index (χ1v) is 4.74. The molecule has 0 aliphatic heterocycles. The van der Waals surface area contributed by atoms with Crippen molar-refractivity contribution in [3.63, 3.8) is 0 Å². The molecule has 0 atom stereocenters. The van der Waals surface area contributed by atoms with Crippen LogP contribution in [0.15, 0.2) is 30.5 Å². The van der Waals surface area contributed by atoms with Crippen molar-refractivity contribution in [2.75, 3.05) is 0 Å². The quantitative estimate of drug-likeness (QED) is 0.704. The Hall–Kier alpha value is -2.08. The van der Waals surface area contributed by atoms with Gasteiger partial charge < -0.3 is 0 Å². The van der Waals surface area contributed by atoms with Crippen molar-refractivity contribution in [2.24, 2.45) is 0 Å². The SMILES string of the molecule is Cc1cccc(-n2ncc(C#N)c2C)c1. The lowest BCUT2D eigenvalue weighted by Crippen LogP contribution is -1.99. The molecular weight excluding hydrogens is 186 g/mol. The third-order valence-corrected chi connectivity index (χ3v) is 2.38. The summed E-state index contributed by atoms with van der Waals surface area (Å²) in [6.07, 6.45) is 1.59. The molecule has 0 aliphatic rings. The molecule has 0 saturated heterocycles. The third-order valence-electron chi connectivity index (χ3n) is 2.38. The standard InChI is InChI=1S/C12H11N3/c1-9-4-3-5-12(6-9)15-10(2)11(7-13)8-14-15/h3-6,8H,1-2H3. The Balaban J connectivity index is 2.56. The average molecular weight is 197 g/mol. The molecule has 3 nitrogen and oxygen atoms in total. The maximum Gasteiger partial charge on any atom is 0.103 e. The number of nitriles is 1. The fourth-order valence-electron chi connectivity index (χ4n) is 1.54. The minimum Gasteiger partial charge on any atom is -0.237 e. The zero-order valence-corrected chi connectivity index (χ0v) is 8.73. The highest BCUT2D eigenvalue weighted by molar-refractivity contribution is 5.40. The van der Waals surface area contributed by atoms with Gasteiger partial charge in [-0.2, -0.15) is 10.4 Å². The van der Waals surface area contributed by atoms with Gasteiger partial charge in [0.2, 0.25) is 0 Å². The molecule has 2 rings (SSSR count). The average Bonchev–Trinajstić information content (AvgIpc) is 2.59. The topological polar surface area (TPSA) is 41.6 Å². The van der Waals surface area contributed by atoms with Crippen LogP contribution in [0.5, 0.6) is 0 Å². The van der Waals surface area contributed by atoms with E-state index >= 15 is 0 Å². The summed E-state index contributed by atoms with van der Waals surface area (Å²) < 4.78 is 1.78. The molecule has 0 unspecified atom stereocenters. The molecule has 1 aromatic heterocycles. The first-order chi connectivity index (χ1) is 7.22. The summed E-state index contributed by atoms with van der Waals surface area (Å²) in [6.45, 7) is 3.93. The molecule has 1 heterocycles. The van der Waals surface area contributed by atoms with E-state index in [2.05, 4.69) is 11.2 Å². The van der Waals surface area contributed by atoms with E-state index in [1.165, 1.54) is 5.56 Å². The minimum absolute atomic E-state index is 0.622. The highest BCUT2D eigenvalue weighted by Crippen LogP contribution is 2.14. The maximum atomic E-state index is 8.83. The number of hydrogen-bond donors (Lipinski definition) is 0. The predicted molar refractivity (Wildman–Crippen MR) is 57.8 cm³/mol. The third kappa shape index (κ3) is 1.62. The van der Waals surface area contributed by atoms with Crippen LogP contribution in [-0.2, 0) is 0 Å². The monoisotopic (exact) mass is 197 g/mol. The number of benzene rings is 1. The van der Waals surface area contributed by atoms with Gasteiger partial charge in [0.25, 0.3) is 0 Å². The van der Waals surface area contributed by atoms with Gasteiger partial charge in [0, 0.05) is 0 Å². The number of nitrogens with zero attached hydrogens (tertiary/aromatic N) is 3. The number of aryl methyl sites for hydroxylation is 1. The molecule has 15 heavy (non-hydrogen) atoms. The summed E-state index contributed by atoms with van der Waals surface area (Å²) in [4.78, 5) is 0. The lowest BCUT2D eigenvalue weighted by Gasteiger charge is -2.04. The second-order valence-corrected chi connectivity index (χ2v) is 3.51. The van der Waals surface area contributed by atoms with Crippen LogP contribution in [-0.4, -0.2) is 9.78 Å². The summed E-state index contributed by atoms with van der Waals surface area (Å²) in [5.74, 6) is 0. The Morgan fingerprint density at radius 3 is 2.73 bits per heavy atom. The summed E-state index contributed by atoms with van der Waals surface area (Å²) in [6, 6.07) is 10.2. The smallest absolute Gasteiger partial charge is 0.103 e. The molecule has 3 heteroatoms. The lowest BCUT2D eigenvalue weighted by atomic mass is 10.2. The zero-order valence-electron chi connectivity index (χ0n) is 8.73. The molecule has 2 aromatic rings. The second-order valence-electron chi connectivity index (χ2n) is 3.51. The van der Waals surface area contributed by atoms with E-state index in [0.717, 1.165) is 11.4 Å². The largest absolute Gasteiger partial charge is 0.237 e. The first-order valence-electron chi connectivity index (χ1n) is 4.74. The second kappa shape index (κ2) is 3.58. The molecule has 0 fully saturated rings. The highest BCUT2D eigenvalue weighted by Gasteiger charge is 2.06. The van der Waals surface area contributed by atoms with Gasteiger partial charge >= 0.3 is 0 Å². The van der Waals surface area contributed by atoms with Crippen molar-refractivity contribution in [3.05, 3.63) is 47.3 Å². The Kier molecular flexibility index (Phi) is 2.26. The van der Waals surface area contributed by atoms with Gasteiger partial charge in [-0.15, -0.1) is 0 Å². The van der Waals surface area contributed by atoms with Gasteiger partial charge in [-0.1, -0.05) is 12.1 Å². The van der Waals surface area contributed by atoms with Crippen molar-refractivity contribution in [1.82, 2.24) is 9.78 Å². The number of rotatable bonds is 1. The fourth-order valence-corrected chi connectivity index (χ4v) is 1.54. The summed E-state index contributed by atoms with van der Waals surface area (Å²) in [7, 11) is 0. The zero-order chi connectivity index (χ0) is 10.8. The molecule has 0 bridgehead atoms. The summed E-state index contributed by atoms with van der Waals surface area (Å²) >= 11 is 0. The van der Waals surface area contributed by atoms with Gasteiger partial charge in [0.05, 0.1) is 23.1 Å². The Morgan fingerprint density at radius 2 is 2.13 bits per heavy atom. The van der Waals surface area contributed by atoms with Crippen LogP contribution < -0.4 is 0 Å². The van der Waals surface area contributed by atoms with E-state index in [9.17, 15) is 0 Å². The summed E-state index contributed by atoms with van der Waals surface area (Å²) in [5.41, 5.74) is 3.68. The van der Waals surface area contributed by atoms with Crippen LogP contribution >= 0.6 is 0 Å². The summed E-state index contributed by atoms with van der Waals surface area (Å²) in [5, 5.41) is 13.0. The first kappa shape index (κ1) is 9.47. The van der Waals surface area contributed by atoms with E-state index in [1.54, 1.807) is 10.9 Å². The maximum absolute atomic E-state index is 8.83. The van der Waals surface area contributed by atoms with E-state index < -0.39 is 0 Å². The molecule has 0 saturated carbocycles. The van der Waals surface area contributed by atoms with Gasteiger partial charge in [-0.3, -0.25) is 0 Å². The molecule has 0 radical (unpaired) electrons. The minimum atomic E-state index is 0.622. The fraction of sp³-hybridized carbons (Fsp3) is 0.167. The van der Waals surface area contributed by atoms with Crippen molar-refractivity contribution in [1.29, 1.82) is 5.26 Å². The van der Waals surface area contributed by atoms with E-state index in [-0.39, 0.29) is 0 Å². The van der Waals surface area contributed by atoms with Crippen molar-refractivity contribution in [2.45, 2.75) is 13.8 Å². The normalized spacial score (nSPS) is 9.93. The van der Waals surface area contributed by atoms with Crippen molar-refractivity contribution in [3.8, 4) is 11.8 Å². The Bertz CT molecular complexity index is 532. The van der Waals surface area contributed by atoms with Crippen LogP contribution in [0.1, 0.15) is 16.8 Å². The van der Waals surface area contributed by atoms with Crippen molar-refractivity contribution >= 4 is 0 Å². The molecule has 0 N–H and O–H groups in total. The van der Waals surface area contributed by atoms with E-state index in [1.807, 2.05) is 38.1 Å². The van der Waals surface area contributed by atoms with Gasteiger partial charge in [0.1, 0.15) is 6.07 Å². The molecular formula is C12H11N3. The van der Waals surface area contributed by atoms with Gasteiger partial charge in [0.15, 0.2) is 0 Å². The predicted octanol–water partition coefficient (Wildman–Crippen LogP) is 2.36. The van der Waals surface area contributed by atoms with E-state index in [0.29, 0.717) is 5.56 Å². The van der Waals surface area contributed by atoms with E-state index in [4.69, 9.17) is 5.26 Å². The highest BCUT2D eigenvalue weighted by atomic mass is 15.3. The van der Waals surface area contributed by atoms with Crippen LogP contribution in [0.3, 0.4) is 0 Å². The lowest BCUT2D eigenvalue weighted by molar-refractivity contribution is 0.845. The molecule has 74 valence electrons. The Morgan fingerprint density at radius 1 is 1.33 bits per heavy atom. The number of aromatic nitrogens is 2. The molecule has 1 aromatic carbocycles. The molecule has 0 spiro atoms. The van der Waals surface area contributed by atoms with Crippen LogP contribution in [0.4, 0.5) is 0 Å². The van der Waals surface area contributed by atoms with Crippen molar-refractivity contribution < 1.29 is 0 Å². The van der Waals surface area contributed by atoms with Gasteiger partial charge in [-0.25, -0.2) is 4.68 Å².